The van der Waals surface area contributed by atoms with Crippen molar-refractivity contribution in [1.82, 2.24) is 10.2 Å². The third kappa shape index (κ3) is 3.61. The molecule has 2 atom stereocenters. The molecule has 2 unspecified atom stereocenters. The van der Waals surface area contributed by atoms with E-state index in [-0.39, 0.29) is 30.0 Å². The van der Waals surface area contributed by atoms with Gasteiger partial charge < -0.3 is 10.1 Å². The summed E-state index contributed by atoms with van der Waals surface area (Å²) >= 11 is 0. The van der Waals surface area contributed by atoms with E-state index in [1.54, 1.807) is 0 Å². The molecule has 0 bridgehead atoms. The highest BCUT2D eigenvalue weighted by atomic mass is 35.5. The largest absolute Gasteiger partial charge is 0.466 e. The molecule has 4 nitrogen and oxygen atoms in total. The monoisotopic (exact) mass is 250 g/mol. The fourth-order valence-electron chi connectivity index (χ4n) is 1.97. The van der Waals surface area contributed by atoms with Crippen LogP contribution < -0.4 is 5.32 Å². The molecule has 16 heavy (non-hydrogen) atoms. The summed E-state index contributed by atoms with van der Waals surface area (Å²) in [5.41, 5.74) is -0.323. The summed E-state index contributed by atoms with van der Waals surface area (Å²) in [6.45, 7) is 5.20. The van der Waals surface area contributed by atoms with Gasteiger partial charge in [0.05, 0.1) is 18.2 Å². The standard InChI is InChI=1S/C11H22N2O2.ClH/c1-5-15-10(14)11(2)6-7-12-9(8-11)13(3)4;/h9,12H,5-8H2,1-4H3;1H. The number of esters is 1. The number of nitrogens with zero attached hydrogens (tertiary/aromatic N) is 1. The first kappa shape index (κ1) is 15.7. The van der Waals surface area contributed by atoms with Crippen molar-refractivity contribution in [1.29, 1.82) is 0 Å². The van der Waals surface area contributed by atoms with Crippen molar-refractivity contribution < 1.29 is 9.53 Å². The van der Waals surface area contributed by atoms with Gasteiger partial charge in [-0.15, -0.1) is 12.4 Å². The summed E-state index contributed by atoms with van der Waals surface area (Å²) in [6.07, 6.45) is 1.95. The average Bonchev–Trinajstić information content (AvgIpc) is 2.18. The molecule has 0 amide bonds. The summed E-state index contributed by atoms with van der Waals surface area (Å²) in [6, 6.07) is 0. The predicted octanol–water partition coefficient (Wildman–Crippen LogP) is 1.25. The number of ether oxygens (including phenoxy) is 1. The molecule has 1 fully saturated rings. The average molecular weight is 251 g/mol. The molecular formula is C11H23ClN2O2. The maximum absolute atomic E-state index is 11.8. The van der Waals surface area contributed by atoms with E-state index in [0.29, 0.717) is 6.61 Å². The smallest absolute Gasteiger partial charge is 0.311 e. The molecule has 0 aromatic carbocycles. The Morgan fingerprint density at radius 1 is 1.56 bits per heavy atom. The van der Waals surface area contributed by atoms with Gasteiger partial charge in [0.15, 0.2) is 0 Å². The van der Waals surface area contributed by atoms with Gasteiger partial charge in [0.2, 0.25) is 0 Å². The van der Waals surface area contributed by atoms with E-state index in [1.807, 2.05) is 27.9 Å². The lowest BCUT2D eigenvalue weighted by atomic mass is 9.79. The van der Waals surface area contributed by atoms with Gasteiger partial charge in [0.1, 0.15) is 0 Å². The Bertz CT molecular complexity index is 236. The zero-order valence-corrected chi connectivity index (χ0v) is 11.4. The van der Waals surface area contributed by atoms with Crippen LogP contribution in [-0.2, 0) is 9.53 Å². The Labute approximate surface area is 104 Å². The van der Waals surface area contributed by atoms with Gasteiger partial charge in [-0.1, -0.05) is 0 Å². The first-order valence-electron chi connectivity index (χ1n) is 5.56. The molecule has 1 aliphatic rings. The van der Waals surface area contributed by atoms with Crippen LogP contribution in [0.4, 0.5) is 0 Å². The molecule has 1 heterocycles. The van der Waals surface area contributed by atoms with Crippen LogP contribution in [0.15, 0.2) is 0 Å². The normalized spacial score (nSPS) is 29.7. The second kappa shape index (κ2) is 6.42. The van der Waals surface area contributed by atoms with Crippen LogP contribution in [-0.4, -0.2) is 44.3 Å². The number of carbonyl (C=O) groups excluding carboxylic acids is 1. The van der Waals surface area contributed by atoms with E-state index in [2.05, 4.69) is 10.2 Å². The fourth-order valence-corrected chi connectivity index (χ4v) is 1.97. The predicted molar refractivity (Wildman–Crippen MR) is 66.7 cm³/mol. The van der Waals surface area contributed by atoms with Crippen molar-refractivity contribution in [2.45, 2.75) is 32.9 Å². The van der Waals surface area contributed by atoms with Gasteiger partial charge in [0, 0.05) is 0 Å². The van der Waals surface area contributed by atoms with Gasteiger partial charge in [-0.05, 0) is 47.3 Å². The number of rotatable bonds is 3. The van der Waals surface area contributed by atoms with Gasteiger partial charge in [-0.3, -0.25) is 9.69 Å². The molecule has 0 aliphatic carbocycles. The lowest BCUT2D eigenvalue weighted by molar-refractivity contribution is -0.157. The van der Waals surface area contributed by atoms with Gasteiger partial charge >= 0.3 is 5.97 Å². The Hall–Kier alpha value is -0.320. The third-order valence-corrected chi connectivity index (χ3v) is 3.09. The lowest BCUT2D eigenvalue weighted by Gasteiger charge is -2.39. The van der Waals surface area contributed by atoms with Crippen molar-refractivity contribution in [3.05, 3.63) is 0 Å². The zero-order valence-electron chi connectivity index (χ0n) is 10.6. The number of piperidine rings is 1. The SMILES string of the molecule is CCOC(=O)C1(C)CCNC(N(C)C)C1.Cl. The highest BCUT2D eigenvalue weighted by Crippen LogP contribution is 2.32. The first-order valence-corrected chi connectivity index (χ1v) is 5.56. The van der Waals surface area contributed by atoms with E-state index >= 15 is 0 Å². The second-order valence-electron chi connectivity index (χ2n) is 4.67. The van der Waals surface area contributed by atoms with E-state index < -0.39 is 0 Å². The van der Waals surface area contributed by atoms with Crippen LogP contribution in [0.25, 0.3) is 0 Å². The van der Waals surface area contributed by atoms with Crippen molar-refractivity contribution in [3.8, 4) is 0 Å². The summed E-state index contributed by atoms with van der Waals surface area (Å²) in [5, 5.41) is 3.39. The fraction of sp³-hybridized carbons (Fsp3) is 0.909. The number of nitrogens with one attached hydrogen (secondary N) is 1. The molecular weight excluding hydrogens is 228 g/mol. The molecule has 1 saturated heterocycles. The number of hydrogen-bond donors (Lipinski definition) is 1. The van der Waals surface area contributed by atoms with Crippen LogP contribution in [0, 0.1) is 5.41 Å². The third-order valence-electron chi connectivity index (χ3n) is 3.09. The maximum Gasteiger partial charge on any atom is 0.311 e. The Morgan fingerprint density at radius 3 is 2.69 bits per heavy atom. The number of carbonyl (C=O) groups is 1. The van der Waals surface area contributed by atoms with E-state index in [9.17, 15) is 4.79 Å². The van der Waals surface area contributed by atoms with E-state index in [0.717, 1.165) is 19.4 Å². The first-order chi connectivity index (χ1) is 6.99. The minimum atomic E-state index is -0.323. The number of halogens is 1. The van der Waals surface area contributed by atoms with Gasteiger partial charge in [-0.25, -0.2) is 0 Å². The van der Waals surface area contributed by atoms with E-state index in [4.69, 9.17) is 4.74 Å². The molecule has 96 valence electrons. The van der Waals surface area contributed by atoms with Crippen LogP contribution >= 0.6 is 12.4 Å². The molecule has 0 aromatic rings. The van der Waals surface area contributed by atoms with Gasteiger partial charge in [0.25, 0.3) is 0 Å². The Kier molecular flexibility index (Phi) is 6.30. The van der Waals surface area contributed by atoms with Gasteiger partial charge in [-0.2, -0.15) is 0 Å². The molecule has 0 radical (unpaired) electrons. The van der Waals surface area contributed by atoms with Crippen molar-refractivity contribution in [3.63, 3.8) is 0 Å². The molecule has 5 heteroatoms. The van der Waals surface area contributed by atoms with Crippen LogP contribution in [0.1, 0.15) is 26.7 Å². The molecule has 1 rings (SSSR count). The molecule has 1 aliphatic heterocycles. The minimum Gasteiger partial charge on any atom is -0.466 e. The van der Waals surface area contributed by atoms with Crippen molar-refractivity contribution in [2.24, 2.45) is 5.41 Å². The Morgan fingerprint density at radius 2 is 2.19 bits per heavy atom. The van der Waals surface area contributed by atoms with Crippen molar-refractivity contribution in [2.75, 3.05) is 27.2 Å². The molecule has 0 aromatic heterocycles. The molecule has 0 saturated carbocycles. The highest BCUT2D eigenvalue weighted by Gasteiger charge is 2.40. The van der Waals surface area contributed by atoms with Crippen LogP contribution in [0.3, 0.4) is 0 Å². The zero-order chi connectivity index (χ0) is 11.5. The lowest BCUT2D eigenvalue weighted by Crippen LogP contribution is -2.52. The summed E-state index contributed by atoms with van der Waals surface area (Å²) in [4.78, 5) is 13.9. The van der Waals surface area contributed by atoms with Crippen LogP contribution in [0.5, 0.6) is 0 Å². The molecule has 1 N–H and O–H groups in total. The van der Waals surface area contributed by atoms with Crippen molar-refractivity contribution >= 4 is 18.4 Å². The molecule has 0 spiro atoms. The Balaban J connectivity index is 0.00000225. The number of hydrogen-bond acceptors (Lipinski definition) is 4. The quantitative estimate of drug-likeness (QED) is 0.766. The minimum absolute atomic E-state index is 0. The summed E-state index contributed by atoms with van der Waals surface area (Å²) in [5.74, 6) is -0.0571. The summed E-state index contributed by atoms with van der Waals surface area (Å²) in [7, 11) is 4.04. The van der Waals surface area contributed by atoms with Crippen LogP contribution in [0.2, 0.25) is 0 Å². The maximum atomic E-state index is 11.8. The highest BCUT2D eigenvalue weighted by molar-refractivity contribution is 5.85. The second-order valence-corrected chi connectivity index (χ2v) is 4.67. The topological polar surface area (TPSA) is 41.6 Å². The summed E-state index contributed by atoms with van der Waals surface area (Å²) < 4.78 is 5.13. The van der Waals surface area contributed by atoms with E-state index in [1.165, 1.54) is 0 Å².